The van der Waals surface area contributed by atoms with Crippen molar-refractivity contribution in [1.82, 2.24) is 15.0 Å². The molecule has 0 spiro atoms. The highest BCUT2D eigenvalue weighted by Crippen LogP contribution is 2.17. The molecule has 0 saturated carbocycles. The zero-order valence-corrected chi connectivity index (χ0v) is 15.8. The summed E-state index contributed by atoms with van der Waals surface area (Å²) in [5.74, 6) is 0.880. The first-order chi connectivity index (χ1) is 12.3. The molecule has 5 nitrogen and oxygen atoms in total. The van der Waals surface area contributed by atoms with Gasteiger partial charge in [-0.15, -0.1) is 0 Å². The third kappa shape index (κ3) is 8.07. The smallest absolute Gasteiger partial charge is 0.132 e. The summed E-state index contributed by atoms with van der Waals surface area (Å²) in [6.07, 6.45) is 11.0. The van der Waals surface area contributed by atoms with Crippen LogP contribution in [0, 0.1) is 0 Å². The molecule has 0 aliphatic carbocycles. The molecule has 0 amide bonds. The molecule has 0 radical (unpaired) electrons. The topological polar surface area (TPSA) is 70.9 Å². The van der Waals surface area contributed by atoms with Crippen molar-refractivity contribution in [2.24, 2.45) is 0 Å². The number of anilines is 1. The van der Waals surface area contributed by atoms with Gasteiger partial charge in [-0.25, -0.2) is 9.97 Å². The molecule has 0 aliphatic rings. The molecule has 1 atom stereocenters. The summed E-state index contributed by atoms with van der Waals surface area (Å²) >= 11 is 0. The fourth-order valence-electron chi connectivity index (χ4n) is 2.57. The van der Waals surface area contributed by atoms with Gasteiger partial charge in [-0.05, 0) is 37.8 Å². The number of pyridine rings is 1. The van der Waals surface area contributed by atoms with Crippen LogP contribution in [0.5, 0.6) is 0 Å². The van der Waals surface area contributed by atoms with Gasteiger partial charge in [0.15, 0.2) is 0 Å². The third-order valence-electron chi connectivity index (χ3n) is 3.89. The molecule has 2 aromatic rings. The second-order valence-electron chi connectivity index (χ2n) is 5.71. The Bertz CT molecular complexity index is 563. The number of aliphatic hydroxyl groups excluding tert-OH is 1. The molecule has 0 unspecified atom stereocenters. The van der Waals surface area contributed by atoms with Gasteiger partial charge in [0, 0.05) is 36.3 Å². The fraction of sp³-hybridized carbons (Fsp3) is 0.550. The normalized spacial score (nSPS) is 11.4. The van der Waals surface area contributed by atoms with Crippen molar-refractivity contribution in [1.29, 1.82) is 0 Å². The van der Waals surface area contributed by atoms with E-state index in [0.29, 0.717) is 0 Å². The van der Waals surface area contributed by atoms with Crippen LogP contribution >= 0.6 is 0 Å². The van der Waals surface area contributed by atoms with Crippen molar-refractivity contribution >= 4 is 5.82 Å². The van der Waals surface area contributed by atoms with Crippen LogP contribution in [0.1, 0.15) is 57.7 Å². The maximum absolute atomic E-state index is 9.25. The van der Waals surface area contributed by atoms with E-state index >= 15 is 0 Å². The minimum absolute atomic E-state index is 0.190. The lowest BCUT2D eigenvalue weighted by atomic mass is 10.1. The van der Waals surface area contributed by atoms with Crippen molar-refractivity contribution in [2.75, 3.05) is 11.9 Å². The Morgan fingerprint density at radius 3 is 2.64 bits per heavy atom. The summed E-state index contributed by atoms with van der Waals surface area (Å²) in [6, 6.07) is 6.22. The van der Waals surface area contributed by atoms with Crippen LogP contribution in [0.3, 0.4) is 0 Å². The van der Waals surface area contributed by atoms with E-state index in [-0.39, 0.29) is 12.6 Å². The van der Waals surface area contributed by atoms with E-state index in [9.17, 15) is 5.11 Å². The fourth-order valence-corrected chi connectivity index (χ4v) is 2.57. The summed E-state index contributed by atoms with van der Waals surface area (Å²) < 4.78 is 0. The van der Waals surface area contributed by atoms with E-state index in [1.807, 2.05) is 44.4 Å². The summed E-state index contributed by atoms with van der Waals surface area (Å²) in [4.78, 5) is 12.9. The Kier molecular flexibility index (Phi) is 11.2. The van der Waals surface area contributed by atoms with Gasteiger partial charge < -0.3 is 10.4 Å². The van der Waals surface area contributed by atoms with Gasteiger partial charge in [-0.3, -0.25) is 4.98 Å². The van der Waals surface area contributed by atoms with Crippen molar-refractivity contribution < 1.29 is 5.11 Å². The molecule has 2 rings (SSSR count). The highest BCUT2D eigenvalue weighted by Gasteiger charge is 2.11. The van der Waals surface area contributed by atoms with Crippen molar-refractivity contribution in [2.45, 2.75) is 65.3 Å². The standard InChI is InChI=1S/C18H26N4O.C2H6/c1-2-3-6-17(10-12-23)22-18-15(13-19-14-21-18)8-9-16-7-4-5-11-20-16;1-2/h4-5,7,11,13-14,17,23H,2-3,6,8-10,12H2,1H3,(H,19,21,22);1-2H3/t17-;/m0./s1. The molecular weight excluding hydrogens is 312 g/mol. The lowest BCUT2D eigenvalue weighted by molar-refractivity contribution is 0.276. The highest BCUT2D eigenvalue weighted by atomic mass is 16.3. The Morgan fingerprint density at radius 2 is 1.96 bits per heavy atom. The molecule has 2 aromatic heterocycles. The predicted molar refractivity (Wildman–Crippen MR) is 104 cm³/mol. The van der Waals surface area contributed by atoms with E-state index in [4.69, 9.17) is 0 Å². The summed E-state index contributed by atoms with van der Waals surface area (Å²) in [5, 5.41) is 12.7. The Morgan fingerprint density at radius 1 is 1.12 bits per heavy atom. The van der Waals surface area contributed by atoms with Gasteiger partial charge >= 0.3 is 0 Å². The van der Waals surface area contributed by atoms with Crippen LogP contribution in [0.25, 0.3) is 0 Å². The summed E-state index contributed by atoms with van der Waals surface area (Å²) in [5.41, 5.74) is 2.16. The maximum atomic E-state index is 9.25. The van der Waals surface area contributed by atoms with Crippen LogP contribution in [-0.4, -0.2) is 32.7 Å². The van der Waals surface area contributed by atoms with Crippen LogP contribution < -0.4 is 5.32 Å². The maximum Gasteiger partial charge on any atom is 0.132 e. The Balaban J connectivity index is 0.00000151. The van der Waals surface area contributed by atoms with Crippen LogP contribution in [0.4, 0.5) is 5.82 Å². The van der Waals surface area contributed by atoms with E-state index in [2.05, 4.69) is 27.2 Å². The zero-order valence-electron chi connectivity index (χ0n) is 15.8. The first-order valence-corrected chi connectivity index (χ1v) is 9.39. The van der Waals surface area contributed by atoms with Crippen molar-refractivity contribution in [3.63, 3.8) is 0 Å². The largest absolute Gasteiger partial charge is 0.396 e. The number of hydrogen-bond donors (Lipinski definition) is 2. The van der Waals surface area contributed by atoms with E-state index in [1.165, 1.54) is 0 Å². The number of nitrogens with one attached hydrogen (secondary N) is 1. The van der Waals surface area contributed by atoms with E-state index in [1.54, 1.807) is 6.33 Å². The van der Waals surface area contributed by atoms with Crippen LogP contribution in [0.2, 0.25) is 0 Å². The first kappa shape index (κ1) is 21.0. The molecule has 2 heterocycles. The van der Waals surface area contributed by atoms with Crippen molar-refractivity contribution in [3.05, 3.63) is 48.2 Å². The summed E-state index contributed by atoms with van der Waals surface area (Å²) in [6.45, 7) is 6.37. The van der Waals surface area contributed by atoms with Gasteiger partial charge in [0.2, 0.25) is 0 Å². The number of aromatic nitrogens is 3. The van der Waals surface area contributed by atoms with Crippen LogP contribution in [-0.2, 0) is 12.8 Å². The van der Waals surface area contributed by atoms with Crippen LogP contribution in [0.15, 0.2) is 36.9 Å². The molecule has 0 saturated heterocycles. The quantitative estimate of drug-likeness (QED) is 0.681. The molecule has 0 aliphatic heterocycles. The van der Waals surface area contributed by atoms with Gasteiger partial charge in [-0.2, -0.15) is 0 Å². The molecule has 0 fully saturated rings. The van der Waals surface area contributed by atoms with Gasteiger partial charge in [0.25, 0.3) is 0 Å². The highest BCUT2D eigenvalue weighted by molar-refractivity contribution is 5.43. The minimum Gasteiger partial charge on any atom is -0.396 e. The zero-order chi connectivity index (χ0) is 18.3. The molecule has 138 valence electrons. The second-order valence-corrected chi connectivity index (χ2v) is 5.71. The second kappa shape index (κ2) is 13.3. The van der Waals surface area contributed by atoms with Gasteiger partial charge in [-0.1, -0.05) is 39.7 Å². The third-order valence-corrected chi connectivity index (χ3v) is 3.89. The number of aliphatic hydroxyl groups is 1. The average molecular weight is 345 g/mol. The van der Waals surface area contributed by atoms with Gasteiger partial charge in [0.05, 0.1) is 0 Å². The van der Waals surface area contributed by atoms with Gasteiger partial charge in [0.1, 0.15) is 12.1 Å². The summed E-state index contributed by atoms with van der Waals surface area (Å²) in [7, 11) is 0. The molecule has 0 aromatic carbocycles. The average Bonchev–Trinajstić information content (AvgIpc) is 2.68. The Labute approximate surface area is 152 Å². The van der Waals surface area contributed by atoms with E-state index in [0.717, 1.165) is 55.6 Å². The first-order valence-electron chi connectivity index (χ1n) is 9.39. The molecule has 5 heteroatoms. The SMILES string of the molecule is CC.CCCC[C@@H](CCO)Nc1ncncc1CCc1ccccn1. The number of hydrogen-bond acceptors (Lipinski definition) is 5. The molecular formula is C20H32N4O. The van der Waals surface area contributed by atoms with E-state index < -0.39 is 0 Å². The minimum atomic E-state index is 0.190. The molecule has 2 N–H and O–H groups in total. The number of rotatable bonds is 10. The van der Waals surface area contributed by atoms with Crippen molar-refractivity contribution in [3.8, 4) is 0 Å². The lowest BCUT2D eigenvalue weighted by Crippen LogP contribution is -2.22. The Hall–Kier alpha value is -2.01. The lowest BCUT2D eigenvalue weighted by Gasteiger charge is -2.19. The number of aryl methyl sites for hydroxylation is 2. The molecule has 25 heavy (non-hydrogen) atoms. The predicted octanol–water partition coefficient (Wildman–Crippen LogP) is 4.04. The monoisotopic (exact) mass is 344 g/mol. The number of nitrogens with zero attached hydrogens (tertiary/aromatic N) is 3. The number of unbranched alkanes of at least 4 members (excludes halogenated alkanes) is 1. The molecule has 0 bridgehead atoms.